The molecular formula is C17H19N7O3. The lowest BCUT2D eigenvalue weighted by molar-refractivity contribution is -0.141. The predicted octanol–water partition coefficient (Wildman–Crippen LogP) is 2.15. The molecule has 2 aliphatic heterocycles. The molecule has 1 aromatic heterocycles. The minimum Gasteiger partial charge on any atom is -0.394 e. The van der Waals surface area contributed by atoms with Gasteiger partial charge < -0.3 is 10.0 Å². The molecule has 140 valence electrons. The Morgan fingerprint density at radius 3 is 2.93 bits per heavy atom. The first-order valence-corrected chi connectivity index (χ1v) is 8.68. The van der Waals surface area contributed by atoms with Gasteiger partial charge in [-0.25, -0.2) is 4.79 Å². The van der Waals surface area contributed by atoms with Gasteiger partial charge in [0.05, 0.1) is 31.1 Å². The molecule has 0 saturated carbocycles. The van der Waals surface area contributed by atoms with E-state index in [1.807, 2.05) is 30.3 Å². The number of aliphatic hydroxyl groups excluding tert-OH is 1. The van der Waals surface area contributed by atoms with Gasteiger partial charge in [-0.2, -0.15) is 10.2 Å². The van der Waals surface area contributed by atoms with Gasteiger partial charge in [-0.05, 0) is 11.1 Å². The number of azide groups is 1. The van der Waals surface area contributed by atoms with Gasteiger partial charge >= 0.3 is 6.03 Å². The summed E-state index contributed by atoms with van der Waals surface area (Å²) in [5, 5.41) is 19.2. The first kappa shape index (κ1) is 17.3. The summed E-state index contributed by atoms with van der Waals surface area (Å²) in [4.78, 5) is 23.0. The number of hydrogen-bond acceptors (Lipinski definition) is 5. The van der Waals surface area contributed by atoms with Crippen LogP contribution in [0.4, 0.5) is 4.79 Å². The van der Waals surface area contributed by atoms with Crippen molar-refractivity contribution in [1.29, 1.82) is 0 Å². The van der Waals surface area contributed by atoms with E-state index < -0.39 is 6.04 Å². The Balaban J connectivity index is 1.60. The summed E-state index contributed by atoms with van der Waals surface area (Å²) in [7, 11) is 0. The zero-order chi connectivity index (χ0) is 18.8. The molecule has 1 fully saturated rings. The van der Waals surface area contributed by atoms with Crippen molar-refractivity contribution in [2.45, 2.75) is 25.2 Å². The molecule has 1 aromatic carbocycles. The lowest BCUT2D eigenvalue weighted by Crippen LogP contribution is -2.37. The number of urea groups is 1. The minimum atomic E-state index is -0.498. The number of benzene rings is 1. The third kappa shape index (κ3) is 2.99. The van der Waals surface area contributed by atoms with E-state index in [1.54, 1.807) is 15.8 Å². The molecule has 27 heavy (non-hydrogen) atoms. The van der Waals surface area contributed by atoms with E-state index in [0.29, 0.717) is 13.1 Å². The summed E-state index contributed by atoms with van der Waals surface area (Å²) < 4.78 is 1.69. The van der Waals surface area contributed by atoms with Crippen LogP contribution in [-0.4, -0.2) is 50.6 Å². The smallest absolute Gasteiger partial charge is 0.345 e. The van der Waals surface area contributed by atoms with Gasteiger partial charge in [0.25, 0.3) is 0 Å². The molecule has 0 radical (unpaired) electrons. The molecule has 2 bridgehead atoms. The van der Waals surface area contributed by atoms with Crippen LogP contribution in [0.3, 0.4) is 0 Å². The van der Waals surface area contributed by atoms with Crippen molar-refractivity contribution in [2.24, 2.45) is 5.11 Å². The zero-order valence-corrected chi connectivity index (χ0v) is 14.5. The number of aromatic nitrogens is 2. The first-order valence-electron chi connectivity index (χ1n) is 8.68. The topological polar surface area (TPSA) is 120 Å². The fourth-order valence-corrected chi connectivity index (χ4v) is 3.67. The molecule has 10 heteroatoms. The lowest BCUT2D eigenvalue weighted by atomic mass is 9.98. The van der Waals surface area contributed by atoms with Crippen LogP contribution in [0.5, 0.6) is 0 Å². The summed E-state index contributed by atoms with van der Waals surface area (Å²) in [6.07, 6.45) is 1.70. The minimum absolute atomic E-state index is 0.217. The van der Waals surface area contributed by atoms with Crippen molar-refractivity contribution in [2.75, 3.05) is 19.7 Å². The standard InChI is InChI=1S/C17H19N7O3/c18-21-19-6-7-23-16-13(8-20-23)14-9-22(15(16)10-25)17(26)24(14)27-11-12-4-2-1-3-5-12/h1-5,8,14-15,25H,6-7,9-11H2. The Morgan fingerprint density at radius 2 is 2.19 bits per heavy atom. The monoisotopic (exact) mass is 369 g/mol. The van der Waals surface area contributed by atoms with Crippen molar-refractivity contribution in [3.63, 3.8) is 0 Å². The second-order valence-electron chi connectivity index (χ2n) is 6.40. The Kier molecular flexibility index (Phi) is 4.68. The molecule has 1 N–H and O–H groups in total. The third-order valence-corrected chi connectivity index (χ3v) is 4.91. The number of amides is 2. The van der Waals surface area contributed by atoms with Crippen molar-refractivity contribution in [1.82, 2.24) is 19.7 Å². The van der Waals surface area contributed by atoms with Crippen LogP contribution in [0.1, 0.15) is 28.9 Å². The molecule has 2 aromatic rings. The number of nitrogens with zero attached hydrogens (tertiary/aromatic N) is 7. The second-order valence-corrected chi connectivity index (χ2v) is 6.40. The van der Waals surface area contributed by atoms with Crippen LogP contribution in [0, 0.1) is 0 Å². The number of hydrogen-bond donors (Lipinski definition) is 1. The Labute approximate surface area is 155 Å². The maximum atomic E-state index is 12.8. The Hall–Kier alpha value is -3.07. The number of carbonyl (C=O) groups is 1. The highest BCUT2D eigenvalue weighted by atomic mass is 16.7. The lowest BCUT2D eigenvalue weighted by Gasteiger charge is -2.30. The van der Waals surface area contributed by atoms with Crippen molar-refractivity contribution in [3.05, 3.63) is 63.8 Å². The number of aliphatic hydroxyl groups is 1. The van der Waals surface area contributed by atoms with E-state index in [9.17, 15) is 9.90 Å². The molecular weight excluding hydrogens is 350 g/mol. The Morgan fingerprint density at radius 1 is 1.37 bits per heavy atom. The van der Waals surface area contributed by atoms with Crippen molar-refractivity contribution >= 4 is 6.03 Å². The number of hydroxylamine groups is 2. The van der Waals surface area contributed by atoms with Crippen LogP contribution < -0.4 is 0 Å². The van der Waals surface area contributed by atoms with Crippen LogP contribution in [0.2, 0.25) is 0 Å². The summed E-state index contributed by atoms with van der Waals surface area (Å²) in [6, 6.07) is 8.57. The molecule has 1 saturated heterocycles. The zero-order valence-electron chi connectivity index (χ0n) is 14.5. The van der Waals surface area contributed by atoms with Crippen molar-refractivity contribution < 1.29 is 14.7 Å². The highest BCUT2D eigenvalue weighted by Gasteiger charge is 2.50. The third-order valence-electron chi connectivity index (χ3n) is 4.91. The quantitative estimate of drug-likeness (QED) is 0.457. The number of rotatable bonds is 7. The molecule has 10 nitrogen and oxygen atoms in total. The fraction of sp³-hybridized carbons (Fsp3) is 0.412. The maximum Gasteiger partial charge on any atom is 0.345 e. The van der Waals surface area contributed by atoms with Crippen LogP contribution in [0.15, 0.2) is 41.6 Å². The van der Waals surface area contributed by atoms with Gasteiger partial charge in [0.1, 0.15) is 12.6 Å². The highest BCUT2D eigenvalue weighted by Crippen LogP contribution is 2.43. The van der Waals surface area contributed by atoms with E-state index >= 15 is 0 Å². The van der Waals surface area contributed by atoms with Crippen LogP contribution in [0.25, 0.3) is 10.4 Å². The molecule has 2 amide bonds. The molecule has 2 unspecified atom stereocenters. The molecule has 2 atom stereocenters. The molecule has 2 aliphatic rings. The molecule has 3 heterocycles. The average molecular weight is 369 g/mol. The number of fused-ring (bicyclic) bond motifs is 4. The summed E-state index contributed by atoms with van der Waals surface area (Å²) >= 11 is 0. The van der Waals surface area contributed by atoms with Gasteiger partial charge in [0.15, 0.2) is 0 Å². The van der Waals surface area contributed by atoms with Gasteiger partial charge in [-0.3, -0.25) is 9.52 Å². The van der Waals surface area contributed by atoms with Crippen molar-refractivity contribution in [3.8, 4) is 0 Å². The number of carbonyl (C=O) groups excluding carboxylic acids is 1. The van der Waals surface area contributed by atoms with E-state index in [4.69, 9.17) is 10.4 Å². The SMILES string of the molecule is [N-]=[N+]=NCCn1ncc2c1C(CO)N1CC2N(OCc2ccccc2)C1=O. The highest BCUT2D eigenvalue weighted by molar-refractivity contribution is 5.78. The van der Waals surface area contributed by atoms with Gasteiger partial charge in [-0.1, -0.05) is 35.4 Å². The Bertz CT molecular complexity index is 878. The molecule has 0 spiro atoms. The first-order chi connectivity index (χ1) is 13.2. The summed E-state index contributed by atoms with van der Waals surface area (Å²) in [5.74, 6) is 0. The van der Waals surface area contributed by atoms with Crippen LogP contribution >= 0.6 is 0 Å². The van der Waals surface area contributed by atoms with Gasteiger partial charge in [0, 0.05) is 23.6 Å². The van der Waals surface area contributed by atoms with Gasteiger partial charge in [0.2, 0.25) is 0 Å². The van der Waals surface area contributed by atoms with E-state index in [2.05, 4.69) is 15.1 Å². The summed E-state index contributed by atoms with van der Waals surface area (Å²) in [6.45, 7) is 1.13. The fourth-order valence-electron chi connectivity index (χ4n) is 3.67. The predicted molar refractivity (Wildman–Crippen MR) is 94.0 cm³/mol. The van der Waals surface area contributed by atoms with E-state index in [0.717, 1.165) is 16.8 Å². The summed E-state index contributed by atoms with van der Waals surface area (Å²) in [5.41, 5.74) is 11.0. The van der Waals surface area contributed by atoms with E-state index in [1.165, 1.54) is 5.06 Å². The average Bonchev–Trinajstić information content (AvgIpc) is 3.23. The van der Waals surface area contributed by atoms with Crippen LogP contribution in [-0.2, 0) is 18.0 Å². The second kappa shape index (κ2) is 7.28. The van der Waals surface area contributed by atoms with E-state index in [-0.39, 0.29) is 31.8 Å². The molecule has 4 rings (SSSR count). The van der Waals surface area contributed by atoms with Gasteiger partial charge in [-0.15, -0.1) is 0 Å². The molecule has 0 aliphatic carbocycles. The largest absolute Gasteiger partial charge is 0.394 e. The maximum absolute atomic E-state index is 12.8. The normalized spacial score (nSPS) is 20.6.